The summed E-state index contributed by atoms with van der Waals surface area (Å²) in [4.78, 5) is 0. The average molecular weight is 226 g/mol. The molecule has 1 saturated heterocycles. The Balaban J connectivity index is 2.19. The first-order valence-electron chi connectivity index (χ1n) is 5.27. The monoisotopic (exact) mass is 225 g/mol. The summed E-state index contributed by atoms with van der Waals surface area (Å²) in [5, 5.41) is 14.2. The summed E-state index contributed by atoms with van der Waals surface area (Å²) in [5.74, 6) is 0. The predicted octanol–water partition coefficient (Wildman–Crippen LogP) is 1.92. The summed E-state index contributed by atoms with van der Waals surface area (Å²) in [6, 6.07) is 5.94. The van der Waals surface area contributed by atoms with Gasteiger partial charge in [0, 0.05) is 18.0 Å². The number of rotatable bonds is 2. The molecule has 1 aliphatic rings. The molecule has 1 atom stereocenters. The lowest BCUT2D eigenvalue weighted by molar-refractivity contribution is 0.0619. The van der Waals surface area contributed by atoms with Crippen LogP contribution >= 0.6 is 11.6 Å². The van der Waals surface area contributed by atoms with Gasteiger partial charge < -0.3 is 10.4 Å². The molecule has 0 aromatic heterocycles. The molecule has 2 N–H and O–H groups in total. The molecule has 1 unspecified atom stereocenters. The molecule has 15 heavy (non-hydrogen) atoms. The quantitative estimate of drug-likeness (QED) is 0.806. The topological polar surface area (TPSA) is 32.3 Å². The SMILES string of the molecule is Cc1ccc(Cl)c(CC2(O)CCNC2)c1. The second-order valence-corrected chi connectivity index (χ2v) is 4.83. The van der Waals surface area contributed by atoms with Crippen molar-refractivity contribution in [1.82, 2.24) is 5.32 Å². The van der Waals surface area contributed by atoms with Crippen molar-refractivity contribution in [3.05, 3.63) is 34.3 Å². The Hall–Kier alpha value is -0.570. The first kappa shape index (κ1) is 10.9. The largest absolute Gasteiger partial charge is 0.388 e. The van der Waals surface area contributed by atoms with Crippen LogP contribution in [0, 0.1) is 6.92 Å². The van der Waals surface area contributed by atoms with Crippen LogP contribution in [0.4, 0.5) is 0 Å². The number of hydrogen-bond acceptors (Lipinski definition) is 2. The molecule has 0 saturated carbocycles. The number of aliphatic hydroxyl groups is 1. The van der Waals surface area contributed by atoms with Crippen LogP contribution in [0.2, 0.25) is 5.02 Å². The minimum atomic E-state index is -0.614. The molecule has 1 aromatic rings. The van der Waals surface area contributed by atoms with Crippen LogP contribution in [-0.2, 0) is 6.42 Å². The summed E-state index contributed by atoms with van der Waals surface area (Å²) in [7, 11) is 0. The summed E-state index contributed by atoms with van der Waals surface area (Å²) in [6.07, 6.45) is 1.44. The fourth-order valence-corrected chi connectivity index (χ4v) is 2.26. The van der Waals surface area contributed by atoms with Gasteiger partial charge in [-0.25, -0.2) is 0 Å². The molecular weight excluding hydrogens is 210 g/mol. The van der Waals surface area contributed by atoms with Crippen LogP contribution in [-0.4, -0.2) is 23.8 Å². The molecule has 0 amide bonds. The van der Waals surface area contributed by atoms with Gasteiger partial charge in [-0.15, -0.1) is 0 Å². The Morgan fingerprint density at radius 2 is 2.33 bits per heavy atom. The van der Waals surface area contributed by atoms with E-state index in [0.29, 0.717) is 13.0 Å². The van der Waals surface area contributed by atoms with Gasteiger partial charge in [-0.1, -0.05) is 29.3 Å². The highest BCUT2D eigenvalue weighted by Crippen LogP contribution is 2.25. The Kier molecular flexibility index (Phi) is 3.01. The third-order valence-electron chi connectivity index (χ3n) is 2.94. The first-order chi connectivity index (χ1) is 7.09. The Morgan fingerprint density at radius 3 is 3.00 bits per heavy atom. The van der Waals surface area contributed by atoms with Crippen molar-refractivity contribution in [2.45, 2.75) is 25.4 Å². The average Bonchev–Trinajstić information content (AvgIpc) is 2.59. The maximum atomic E-state index is 10.2. The van der Waals surface area contributed by atoms with E-state index < -0.39 is 5.60 Å². The third-order valence-corrected chi connectivity index (χ3v) is 3.31. The van der Waals surface area contributed by atoms with E-state index in [2.05, 4.69) is 11.4 Å². The van der Waals surface area contributed by atoms with Crippen LogP contribution in [0.3, 0.4) is 0 Å². The molecule has 0 bridgehead atoms. The van der Waals surface area contributed by atoms with Gasteiger partial charge in [0.1, 0.15) is 0 Å². The smallest absolute Gasteiger partial charge is 0.0824 e. The van der Waals surface area contributed by atoms with Gasteiger partial charge in [0.2, 0.25) is 0 Å². The van der Waals surface area contributed by atoms with E-state index in [-0.39, 0.29) is 0 Å². The number of hydrogen-bond donors (Lipinski definition) is 2. The maximum absolute atomic E-state index is 10.2. The van der Waals surface area contributed by atoms with E-state index in [0.717, 1.165) is 23.6 Å². The van der Waals surface area contributed by atoms with Crippen molar-refractivity contribution < 1.29 is 5.11 Å². The number of nitrogens with one attached hydrogen (secondary N) is 1. The standard InChI is InChI=1S/C12H16ClNO/c1-9-2-3-11(13)10(6-9)7-12(15)4-5-14-8-12/h2-3,6,14-15H,4-5,7-8H2,1H3. The van der Waals surface area contributed by atoms with Gasteiger partial charge in [-0.05, 0) is 31.5 Å². The van der Waals surface area contributed by atoms with E-state index in [4.69, 9.17) is 11.6 Å². The van der Waals surface area contributed by atoms with Gasteiger partial charge in [-0.2, -0.15) is 0 Å². The highest BCUT2D eigenvalue weighted by molar-refractivity contribution is 6.31. The first-order valence-corrected chi connectivity index (χ1v) is 5.65. The van der Waals surface area contributed by atoms with E-state index in [1.165, 1.54) is 5.56 Å². The lowest BCUT2D eigenvalue weighted by Crippen LogP contribution is -2.33. The summed E-state index contributed by atoms with van der Waals surface area (Å²) in [6.45, 7) is 3.59. The van der Waals surface area contributed by atoms with E-state index in [1.807, 2.05) is 19.1 Å². The van der Waals surface area contributed by atoms with Gasteiger partial charge in [-0.3, -0.25) is 0 Å². The lowest BCUT2D eigenvalue weighted by atomic mass is 9.93. The summed E-state index contributed by atoms with van der Waals surface area (Å²) >= 11 is 6.11. The molecule has 1 fully saturated rings. The van der Waals surface area contributed by atoms with Crippen molar-refractivity contribution >= 4 is 11.6 Å². The van der Waals surface area contributed by atoms with Crippen molar-refractivity contribution in [2.24, 2.45) is 0 Å². The molecule has 82 valence electrons. The van der Waals surface area contributed by atoms with Crippen molar-refractivity contribution in [3.63, 3.8) is 0 Å². The predicted molar refractivity (Wildman–Crippen MR) is 62.3 cm³/mol. The molecule has 1 aromatic carbocycles. The van der Waals surface area contributed by atoms with E-state index in [9.17, 15) is 5.11 Å². The summed E-state index contributed by atoms with van der Waals surface area (Å²) in [5.41, 5.74) is 1.61. The number of halogens is 1. The van der Waals surface area contributed by atoms with Crippen LogP contribution < -0.4 is 5.32 Å². The van der Waals surface area contributed by atoms with Crippen LogP contribution in [0.15, 0.2) is 18.2 Å². The molecular formula is C12H16ClNO. The maximum Gasteiger partial charge on any atom is 0.0824 e. The minimum absolute atomic E-state index is 0.614. The minimum Gasteiger partial charge on any atom is -0.388 e. The zero-order valence-electron chi connectivity index (χ0n) is 8.89. The molecule has 2 nitrogen and oxygen atoms in total. The van der Waals surface area contributed by atoms with Crippen molar-refractivity contribution in [3.8, 4) is 0 Å². The lowest BCUT2D eigenvalue weighted by Gasteiger charge is -2.22. The highest BCUT2D eigenvalue weighted by atomic mass is 35.5. The second kappa shape index (κ2) is 4.12. The van der Waals surface area contributed by atoms with Gasteiger partial charge in [0.25, 0.3) is 0 Å². The second-order valence-electron chi connectivity index (χ2n) is 4.42. The van der Waals surface area contributed by atoms with Crippen LogP contribution in [0.1, 0.15) is 17.5 Å². The van der Waals surface area contributed by atoms with Crippen LogP contribution in [0.5, 0.6) is 0 Å². The fourth-order valence-electron chi connectivity index (χ4n) is 2.07. The normalized spacial score (nSPS) is 25.8. The summed E-state index contributed by atoms with van der Waals surface area (Å²) < 4.78 is 0. The Bertz CT molecular complexity index is 359. The van der Waals surface area contributed by atoms with Gasteiger partial charge >= 0.3 is 0 Å². The molecule has 2 rings (SSSR count). The number of β-amino-alcohol motifs (C(OH)–C–C–N with tert-alkyl or cyclic N) is 1. The van der Waals surface area contributed by atoms with E-state index >= 15 is 0 Å². The van der Waals surface area contributed by atoms with E-state index in [1.54, 1.807) is 0 Å². The fraction of sp³-hybridized carbons (Fsp3) is 0.500. The zero-order valence-corrected chi connectivity index (χ0v) is 9.64. The van der Waals surface area contributed by atoms with Crippen molar-refractivity contribution in [2.75, 3.05) is 13.1 Å². The molecule has 0 radical (unpaired) electrons. The molecule has 3 heteroatoms. The molecule has 1 aliphatic heterocycles. The van der Waals surface area contributed by atoms with Crippen molar-refractivity contribution in [1.29, 1.82) is 0 Å². The van der Waals surface area contributed by atoms with Gasteiger partial charge in [0.05, 0.1) is 5.60 Å². The Morgan fingerprint density at radius 1 is 1.53 bits per heavy atom. The highest BCUT2D eigenvalue weighted by Gasteiger charge is 2.31. The zero-order chi connectivity index (χ0) is 10.9. The van der Waals surface area contributed by atoms with Crippen LogP contribution in [0.25, 0.3) is 0 Å². The molecule has 0 spiro atoms. The van der Waals surface area contributed by atoms with Gasteiger partial charge in [0.15, 0.2) is 0 Å². The third kappa shape index (κ3) is 2.51. The number of benzene rings is 1. The number of aryl methyl sites for hydroxylation is 1. The molecule has 0 aliphatic carbocycles. The molecule has 1 heterocycles. The Labute approximate surface area is 95.3 Å².